The molecule has 0 heterocycles. The standard InChI is InChI=1S/C34H40O5/c1-4-39-33(36)29-10-6-9-28(19-29)27(12-14-32(35)38-3)8-5-7-23-11-13-31(37-2)30(18-23)34-20-24-15-25(21-34)17-26(16-24)22-34/h6,8-14,18-19,24-26H,4-5,7,15-17,20-22H2,1-3H3. The summed E-state index contributed by atoms with van der Waals surface area (Å²) >= 11 is 0. The van der Waals surface area contributed by atoms with Crippen molar-refractivity contribution in [2.45, 2.75) is 63.7 Å². The number of esters is 2. The first-order chi connectivity index (χ1) is 18.9. The summed E-state index contributed by atoms with van der Waals surface area (Å²) < 4.78 is 15.9. The fourth-order valence-corrected chi connectivity index (χ4v) is 7.71. The van der Waals surface area contributed by atoms with Gasteiger partial charge >= 0.3 is 11.9 Å². The van der Waals surface area contributed by atoms with Crippen LogP contribution in [0.3, 0.4) is 0 Å². The van der Waals surface area contributed by atoms with Crippen LogP contribution in [0.5, 0.6) is 5.75 Å². The maximum atomic E-state index is 12.3. The first-order valence-corrected chi connectivity index (χ1v) is 14.3. The van der Waals surface area contributed by atoms with E-state index in [1.807, 2.05) is 18.2 Å². The lowest BCUT2D eigenvalue weighted by Gasteiger charge is -2.57. The molecule has 206 valence electrons. The van der Waals surface area contributed by atoms with Gasteiger partial charge in [-0.05, 0) is 122 Å². The van der Waals surface area contributed by atoms with Gasteiger partial charge in [-0.1, -0.05) is 30.3 Å². The highest BCUT2D eigenvalue weighted by Gasteiger charge is 2.52. The zero-order chi connectivity index (χ0) is 27.4. The largest absolute Gasteiger partial charge is 0.496 e. The summed E-state index contributed by atoms with van der Waals surface area (Å²) in [6.45, 7) is 2.11. The number of ether oxygens (including phenoxy) is 3. The Bertz CT molecular complexity index is 1230. The van der Waals surface area contributed by atoms with Crippen LogP contribution >= 0.6 is 0 Å². The molecule has 39 heavy (non-hydrogen) atoms. The third-order valence-corrected chi connectivity index (χ3v) is 8.98. The van der Waals surface area contributed by atoms with E-state index >= 15 is 0 Å². The molecular formula is C34H40O5. The fourth-order valence-electron chi connectivity index (χ4n) is 7.71. The Labute approximate surface area is 232 Å². The highest BCUT2D eigenvalue weighted by Crippen LogP contribution is 2.62. The monoisotopic (exact) mass is 528 g/mol. The minimum absolute atomic E-state index is 0.272. The van der Waals surface area contributed by atoms with E-state index in [2.05, 4.69) is 24.3 Å². The summed E-state index contributed by atoms with van der Waals surface area (Å²) in [5.74, 6) is 2.89. The van der Waals surface area contributed by atoms with Gasteiger partial charge in [0.25, 0.3) is 0 Å². The van der Waals surface area contributed by atoms with Crippen LogP contribution in [0.25, 0.3) is 5.57 Å². The van der Waals surface area contributed by atoms with Crippen LogP contribution in [-0.2, 0) is 26.1 Å². The molecule has 5 nitrogen and oxygen atoms in total. The lowest BCUT2D eigenvalue weighted by Crippen LogP contribution is -2.48. The van der Waals surface area contributed by atoms with Crippen LogP contribution in [0.4, 0.5) is 0 Å². The predicted molar refractivity (Wildman–Crippen MR) is 153 cm³/mol. The second-order valence-electron chi connectivity index (χ2n) is 11.6. The molecule has 0 saturated heterocycles. The molecule has 4 saturated carbocycles. The number of aryl methyl sites for hydroxylation is 1. The summed E-state index contributed by atoms with van der Waals surface area (Å²) in [5.41, 5.74) is 5.19. The van der Waals surface area contributed by atoms with Crippen molar-refractivity contribution in [3.05, 3.63) is 82.9 Å². The lowest BCUT2D eigenvalue weighted by atomic mass is 9.48. The number of hydrogen-bond acceptors (Lipinski definition) is 5. The number of carbonyl (C=O) groups is 2. The molecule has 0 unspecified atom stereocenters. The van der Waals surface area contributed by atoms with Crippen LogP contribution in [-0.4, -0.2) is 32.8 Å². The van der Waals surface area contributed by atoms with Crippen molar-refractivity contribution in [3.8, 4) is 5.75 Å². The van der Waals surface area contributed by atoms with Crippen LogP contribution in [0, 0.1) is 17.8 Å². The minimum Gasteiger partial charge on any atom is -0.496 e. The molecule has 0 N–H and O–H groups in total. The van der Waals surface area contributed by atoms with Gasteiger partial charge in [-0.15, -0.1) is 0 Å². The molecule has 0 spiro atoms. The van der Waals surface area contributed by atoms with Gasteiger partial charge in [0.2, 0.25) is 0 Å². The van der Waals surface area contributed by atoms with Gasteiger partial charge in [0.1, 0.15) is 5.75 Å². The molecule has 4 aliphatic rings. The Morgan fingerprint density at radius 3 is 2.26 bits per heavy atom. The van der Waals surface area contributed by atoms with E-state index in [1.54, 1.807) is 26.2 Å². The van der Waals surface area contributed by atoms with Crippen molar-refractivity contribution in [1.29, 1.82) is 0 Å². The average molecular weight is 529 g/mol. The quantitative estimate of drug-likeness (QED) is 0.187. The van der Waals surface area contributed by atoms with E-state index < -0.39 is 5.97 Å². The number of rotatable bonds is 10. The Morgan fingerprint density at radius 1 is 0.923 bits per heavy atom. The van der Waals surface area contributed by atoms with Crippen LogP contribution in [0.2, 0.25) is 0 Å². The summed E-state index contributed by atoms with van der Waals surface area (Å²) in [6.07, 6.45) is 15.1. The van der Waals surface area contributed by atoms with Crippen molar-refractivity contribution in [2.24, 2.45) is 17.8 Å². The second-order valence-corrected chi connectivity index (χ2v) is 11.6. The Kier molecular flexibility index (Phi) is 8.25. The maximum Gasteiger partial charge on any atom is 0.338 e. The predicted octanol–water partition coefficient (Wildman–Crippen LogP) is 7.09. The number of allylic oxidation sites excluding steroid dienone is 3. The van der Waals surface area contributed by atoms with Gasteiger partial charge in [0, 0.05) is 11.6 Å². The Balaban J connectivity index is 1.38. The van der Waals surface area contributed by atoms with Crippen molar-refractivity contribution >= 4 is 17.5 Å². The minimum atomic E-state index is -0.419. The smallest absolute Gasteiger partial charge is 0.338 e. The second kappa shape index (κ2) is 11.8. The first-order valence-electron chi connectivity index (χ1n) is 14.3. The van der Waals surface area contributed by atoms with Crippen molar-refractivity contribution in [3.63, 3.8) is 0 Å². The van der Waals surface area contributed by atoms with E-state index in [1.165, 1.54) is 62.8 Å². The van der Waals surface area contributed by atoms with Crippen molar-refractivity contribution in [1.82, 2.24) is 0 Å². The molecule has 0 atom stereocenters. The zero-order valence-corrected chi connectivity index (χ0v) is 23.4. The molecule has 6 rings (SSSR count). The maximum absolute atomic E-state index is 12.3. The molecule has 4 fully saturated rings. The Morgan fingerprint density at radius 2 is 1.62 bits per heavy atom. The fraction of sp³-hybridized carbons (Fsp3) is 0.471. The van der Waals surface area contributed by atoms with Gasteiger partial charge in [0.15, 0.2) is 0 Å². The zero-order valence-electron chi connectivity index (χ0n) is 23.4. The van der Waals surface area contributed by atoms with Crippen molar-refractivity contribution < 1.29 is 23.8 Å². The number of methoxy groups -OCH3 is 2. The number of benzene rings is 2. The van der Waals surface area contributed by atoms with E-state index in [0.717, 1.165) is 47.5 Å². The van der Waals surface area contributed by atoms with Crippen molar-refractivity contribution in [2.75, 3.05) is 20.8 Å². The van der Waals surface area contributed by atoms with Crippen LogP contribution < -0.4 is 4.74 Å². The molecule has 5 heteroatoms. The summed E-state index contributed by atoms with van der Waals surface area (Å²) in [6, 6.07) is 14.1. The van der Waals surface area contributed by atoms with Gasteiger partial charge in [0.05, 0.1) is 26.4 Å². The molecule has 4 bridgehead atoms. The molecule has 0 aromatic heterocycles. The molecule has 2 aromatic carbocycles. The highest BCUT2D eigenvalue weighted by molar-refractivity contribution is 5.92. The van der Waals surface area contributed by atoms with E-state index in [4.69, 9.17) is 14.2 Å². The SMILES string of the molecule is CCOC(=O)c1cccc(C(C=CC(=O)OC)=CCCc2ccc(OC)c(C34CC5CC(CC(C5)C3)C4)c2)c1. The van der Waals surface area contributed by atoms with Gasteiger partial charge in [-0.2, -0.15) is 0 Å². The number of carbonyl (C=O) groups excluding carboxylic acids is 2. The van der Waals surface area contributed by atoms with Gasteiger partial charge in [-0.25, -0.2) is 9.59 Å². The van der Waals surface area contributed by atoms with Gasteiger partial charge in [-0.3, -0.25) is 0 Å². The summed E-state index contributed by atoms with van der Waals surface area (Å²) in [5, 5.41) is 0. The first kappa shape index (κ1) is 27.2. The van der Waals surface area contributed by atoms with E-state index in [0.29, 0.717) is 12.2 Å². The molecular weight excluding hydrogens is 488 g/mol. The summed E-state index contributed by atoms with van der Waals surface area (Å²) in [4.78, 5) is 24.1. The van der Waals surface area contributed by atoms with Crippen LogP contribution in [0.1, 0.15) is 78.9 Å². The summed E-state index contributed by atoms with van der Waals surface area (Å²) in [7, 11) is 3.16. The average Bonchev–Trinajstić information content (AvgIpc) is 2.94. The molecule has 0 aliphatic heterocycles. The Hall–Kier alpha value is -3.34. The molecule has 4 aliphatic carbocycles. The van der Waals surface area contributed by atoms with Crippen LogP contribution in [0.15, 0.2) is 60.7 Å². The third-order valence-electron chi connectivity index (χ3n) is 8.98. The highest BCUT2D eigenvalue weighted by atomic mass is 16.5. The van der Waals surface area contributed by atoms with E-state index in [9.17, 15) is 9.59 Å². The number of hydrogen-bond donors (Lipinski definition) is 0. The van der Waals surface area contributed by atoms with E-state index in [-0.39, 0.29) is 11.4 Å². The molecule has 0 radical (unpaired) electrons. The molecule has 0 amide bonds. The normalized spacial score (nSPS) is 25.6. The lowest BCUT2D eigenvalue weighted by molar-refractivity contribution is -0.134. The topological polar surface area (TPSA) is 61.8 Å². The van der Waals surface area contributed by atoms with Gasteiger partial charge < -0.3 is 14.2 Å². The third kappa shape index (κ3) is 5.98. The molecule has 2 aromatic rings.